The van der Waals surface area contributed by atoms with Gasteiger partial charge in [-0.1, -0.05) is 33.3 Å². The van der Waals surface area contributed by atoms with Crippen molar-refractivity contribution in [3.05, 3.63) is 11.1 Å². The predicted octanol–water partition coefficient (Wildman–Crippen LogP) is 7.28. The quantitative estimate of drug-likeness (QED) is 0.439. The van der Waals surface area contributed by atoms with E-state index < -0.39 is 0 Å². The van der Waals surface area contributed by atoms with Crippen LogP contribution in [0.3, 0.4) is 0 Å². The summed E-state index contributed by atoms with van der Waals surface area (Å²) in [6.45, 7) is 11.9. The van der Waals surface area contributed by atoms with Gasteiger partial charge < -0.3 is 0 Å². The fraction of sp³-hybridized carbons (Fsp3) is 0.862. The number of nitrogens with zero attached hydrogens (tertiary/aromatic N) is 1. The second-order valence-electron chi connectivity index (χ2n) is 12.9. The van der Waals surface area contributed by atoms with Gasteiger partial charge in [-0.25, -0.2) is 0 Å². The number of hydrogen-bond donors (Lipinski definition) is 0. The molecule has 0 aliphatic heterocycles. The second-order valence-corrected chi connectivity index (χ2v) is 12.9. The molecule has 0 saturated heterocycles. The van der Waals surface area contributed by atoms with E-state index in [-0.39, 0.29) is 5.41 Å². The zero-order valence-electron chi connectivity index (χ0n) is 21.0. The summed E-state index contributed by atoms with van der Waals surface area (Å²) >= 11 is 0. The summed E-state index contributed by atoms with van der Waals surface area (Å²) in [7, 11) is 1.92. The number of ketones is 1. The molecule has 172 valence electrons. The Bertz CT molecular complexity index is 821. The van der Waals surface area contributed by atoms with Crippen molar-refractivity contribution in [2.24, 2.45) is 57.2 Å². The van der Waals surface area contributed by atoms with E-state index in [1.165, 1.54) is 62.7 Å². The van der Waals surface area contributed by atoms with Crippen molar-refractivity contribution in [2.45, 2.75) is 98.8 Å². The largest absolute Gasteiger partial charge is 0.298 e. The number of Topliss-reactive ketones (excluding diaryl/α,β-unsaturated/α-hetero) is 1. The molecule has 4 saturated carbocycles. The van der Waals surface area contributed by atoms with Gasteiger partial charge in [0.25, 0.3) is 0 Å². The van der Waals surface area contributed by atoms with Crippen LogP contribution in [0.1, 0.15) is 98.8 Å². The number of carbonyl (C=O) groups excluding carboxylic acids is 1. The molecule has 0 aromatic carbocycles. The Morgan fingerprint density at radius 2 is 1.77 bits per heavy atom. The average molecular weight is 424 g/mol. The van der Waals surface area contributed by atoms with Gasteiger partial charge in [0.15, 0.2) is 5.78 Å². The molecule has 0 aromatic rings. The third kappa shape index (κ3) is 3.09. The van der Waals surface area contributed by atoms with Crippen molar-refractivity contribution in [1.29, 1.82) is 0 Å². The molecule has 0 radical (unpaired) electrons. The Hall–Kier alpha value is -0.920. The number of carbonyl (C=O) groups is 1. The van der Waals surface area contributed by atoms with E-state index in [1.54, 1.807) is 5.57 Å². The van der Waals surface area contributed by atoms with Crippen molar-refractivity contribution < 1.29 is 4.79 Å². The Labute approximate surface area is 190 Å². The molecule has 0 bridgehead atoms. The summed E-state index contributed by atoms with van der Waals surface area (Å²) in [6.07, 6.45) is 12.9. The molecular formula is C29H45NO. The highest BCUT2D eigenvalue weighted by Crippen LogP contribution is 2.68. The lowest BCUT2D eigenvalue weighted by molar-refractivity contribution is -0.116. The van der Waals surface area contributed by atoms with Crippen LogP contribution in [0.4, 0.5) is 0 Å². The molecule has 8 atom stereocenters. The van der Waals surface area contributed by atoms with Crippen LogP contribution in [0.25, 0.3) is 0 Å². The van der Waals surface area contributed by atoms with Crippen LogP contribution in [0, 0.1) is 52.3 Å². The minimum absolute atomic E-state index is 0.0945. The van der Waals surface area contributed by atoms with Crippen LogP contribution in [0.15, 0.2) is 16.1 Å². The molecule has 2 heteroatoms. The molecule has 4 fully saturated rings. The number of allylic oxidation sites excluding steroid dienone is 2. The van der Waals surface area contributed by atoms with Crippen LogP contribution in [0.5, 0.6) is 0 Å². The summed E-state index contributed by atoms with van der Waals surface area (Å²) in [6, 6.07) is 0. The molecule has 5 aliphatic carbocycles. The van der Waals surface area contributed by atoms with Gasteiger partial charge in [0.2, 0.25) is 0 Å². The summed E-state index contributed by atoms with van der Waals surface area (Å²) in [5.41, 5.74) is 4.80. The average Bonchev–Trinajstić information content (AvgIpc) is 3.20. The molecule has 31 heavy (non-hydrogen) atoms. The van der Waals surface area contributed by atoms with Crippen LogP contribution < -0.4 is 0 Å². The van der Waals surface area contributed by atoms with E-state index in [0.717, 1.165) is 42.4 Å². The number of rotatable bonds is 3. The van der Waals surface area contributed by atoms with Gasteiger partial charge in [-0.15, -0.1) is 0 Å². The predicted molar refractivity (Wildman–Crippen MR) is 129 cm³/mol. The van der Waals surface area contributed by atoms with Crippen molar-refractivity contribution >= 4 is 11.5 Å². The summed E-state index contributed by atoms with van der Waals surface area (Å²) in [5.74, 6) is 6.07. The van der Waals surface area contributed by atoms with Gasteiger partial charge in [0.1, 0.15) is 0 Å². The van der Waals surface area contributed by atoms with Gasteiger partial charge >= 0.3 is 0 Å². The van der Waals surface area contributed by atoms with Crippen LogP contribution in [-0.2, 0) is 4.79 Å². The maximum absolute atomic E-state index is 13.4. The van der Waals surface area contributed by atoms with Gasteiger partial charge in [0.05, 0.1) is 0 Å². The molecule has 2 nitrogen and oxygen atoms in total. The molecule has 8 unspecified atom stereocenters. The van der Waals surface area contributed by atoms with Crippen LogP contribution in [-0.4, -0.2) is 18.5 Å². The Morgan fingerprint density at radius 1 is 1.03 bits per heavy atom. The van der Waals surface area contributed by atoms with E-state index in [9.17, 15) is 4.79 Å². The zero-order valence-corrected chi connectivity index (χ0v) is 21.0. The standard InChI is InChI=1S/C29H45NO/c1-17(2)26-25(31)16-29(15-19(4)30-6)14-12-20-21-7-9-23-18(3)11-13-28(23,5)24(21)10-8-22(20)27(26)29/h17-18,20-24H,7-16H2,1-6H3. The van der Waals surface area contributed by atoms with Gasteiger partial charge in [-0.3, -0.25) is 9.79 Å². The Morgan fingerprint density at radius 3 is 2.48 bits per heavy atom. The number of hydrogen-bond acceptors (Lipinski definition) is 2. The molecule has 5 rings (SSSR count). The first-order valence-corrected chi connectivity index (χ1v) is 13.4. The van der Waals surface area contributed by atoms with E-state index in [4.69, 9.17) is 0 Å². The SMILES string of the molecule is CN=C(C)CC12CCC3C(CCC4C3CCC3C(C)CCC34C)C1=C(C(C)C)C(=O)C2. The maximum Gasteiger partial charge on any atom is 0.159 e. The fourth-order valence-corrected chi connectivity index (χ4v) is 10.1. The summed E-state index contributed by atoms with van der Waals surface area (Å²) in [5, 5.41) is 0. The monoisotopic (exact) mass is 423 g/mol. The molecule has 0 N–H and O–H groups in total. The highest BCUT2D eigenvalue weighted by molar-refractivity contribution is 6.01. The summed E-state index contributed by atoms with van der Waals surface area (Å²) in [4.78, 5) is 17.9. The molecule has 0 aromatic heterocycles. The lowest BCUT2D eigenvalue weighted by Gasteiger charge is -2.59. The molecule has 0 spiro atoms. The van der Waals surface area contributed by atoms with E-state index in [2.05, 4.69) is 39.6 Å². The normalized spacial score (nSPS) is 47.3. The molecule has 5 aliphatic rings. The molecular weight excluding hydrogens is 378 g/mol. The first kappa shape index (κ1) is 21.9. The first-order chi connectivity index (χ1) is 14.7. The third-order valence-corrected chi connectivity index (χ3v) is 11.2. The van der Waals surface area contributed by atoms with Crippen molar-refractivity contribution in [2.75, 3.05) is 7.05 Å². The van der Waals surface area contributed by atoms with Gasteiger partial charge in [-0.05, 0) is 117 Å². The van der Waals surface area contributed by atoms with E-state index in [1.807, 2.05) is 7.05 Å². The topological polar surface area (TPSA) is 29.4 Å². The lowest BCUT2D eigenvalue weighted by atomic mass is 9.46. The van der Waals surface area contributed by atoms with Crippen molar-refractivity contribution in [3.63, 3.8) is 0 Å². The van der Waals surface area contributed by atoms with Crippen molar-refractivity contribution in [1.82, 2.24) is 0 Å². The molecule has 0 amide bonds. The smallest absolute Gasteiger partial charge is 0.159 e. The fourth-order valence-electron chi connectivity index (χ4n) is 10.1. The maximum atomic E-state index is 13.4. The van der Waals surface area contributed by atoms with Crippen LogP contribution >= 0.6 is 0 Å². The van der Waals surface area contributed by atoms with E-state index >= 15 is 0 Å². The molecule has 0 heterocycles. The zero-order chi connectivity index (χ0) is 22.1. The highest BCUT2D eigenvalue weighted by atomic mass is 16.1. The Kier molecular flexibility index (Phi) is 5.34. The minimum atomic E-state index is 0.0945. The first-order valence-electron chi connectivity index (χ1n) is 13.4. The lowest BCUT2D eigenvalue weighted by Crippen LogP contribution is -2.51. The summed E-state index contributed by atoms with van der Waals surface area (Å²) < 4.78 is 0. The van der Waals surface area contributed by atoms with E-state index in [0.29, 0.717) is 23.0 Å². The number of fused-ring (bicyclic) bond motifs is 7. The van der Waals surface area contributed by atoms with Gasteiger partial charge in [-0.2, -0.15) is 0 Å². The number of aliphatic imine (C=N–C) groups is 1. The van der Waals surface area contributed by atoms with Gasteiger partial charge in [0, 0.05) is 24.6 Å². The Balaban J connectivity index is 1.52. The third-order valence-electron chi connectivity index (χ3n) is 11.2. The minimum Gasteiger partial charge on any atom is -0.298 e. The van der Waals surface area contributed by atoms with Crippen molar-refractivity contribution in [3.8, 4) is 0 Å². The van der Waals surface area contributed by atoms with Crippen LogP contribution in [0.2, 0.25) is 0 Å². The second kappa shape index (κ2) is 7.56. The highest BCUT2D eigenvalue weighted by Gasteiger charge is 2.60.